The number of thiazole rings is 1. The number of amides is 2. The lowest BCUT2D eigenvalue weighted by molar-refractivity contribution is -0.129. The first kappa shape index (κ1) is 27.1. The third-order valence-electron chi connectivity index (χ3n) is 6.97. The quantitative estimate of drug-likeness (QED) is 0.237. The number of hydrogen-bond acceptors (Lipinski definition) is 7. The number of para-hydroxylation sites is 1. The molecule has 3 heterocycles. The molecule has 0 unspecified atom stereocenters. The summed E-state index contributed by atoms with van der Waals surface area (Å²) in [5.74, 6) is -0.295. The van der Waals surface area contributed by atoms with Crippen LogP contribution < -0.4 is 10.0 Å². The Bertz CT molecular complexity index is 1860. The lowest BCUT2D eigenvalue weighted by Gasteiger charge is -2.26. The van der Waals surface area contributed by atoms with Gasteiger partial charge in [-0.05, 0) is 67.4 Å². The molecule has 0 spiro atoms. The zero-order chi connectivity index (χ0) is 28.7. The molecular formula is C30H26N4O4S3. The molecule has 8 nitrogen and oxygen atoms in total. The standard InChI is InChI=1S/C30H26N4O4S3/c1-18-7-13-22(14-8-18)41(37,38)33-21-11-9-20(10-12-21)28(36)32-30-27(29-31-24-5-3-4-6-25(24)39-29)23-15-16-34(19(2)35)17-26(23)40-30/h3-14,33H,15-17H2,1-2H3,(H,32,36). The molecule has 2 amide bonds. The lowest BCUT2D eigenvalue weighted by atomic mass is 10.0. The Hall–Kier alpha value is -4.06. The predicted octanol–water partition coefficient (Wildman–Crippen LogP) is 6.29. The molecular weight excluding hydrogens is 577 g/mol. The molecule has 3 aromatic carbocycles. The highest BCUT2D eigenvalue weighted by atomic mass is 32.2. The first-order chi connectivity index (χ1) is 19.7. The largest absolute Gasteiger partial charge is 0.337 e. The molecule has 2 aromatic heterocycles. The number of nitrogens with zero attached hydrogens (tertiary/aromatic N) is 2. The molecule has 6 rings (SSSR count). The summed E-state index contributed by atoms with van der Waals surface area (Å²) in [5, 5.41) is 4.59. The van der Waals surface area contributed by atoms with Crippen molar-refractivity contribution in [3.63, 3.8) is 0 Å². The zero-order valence-electron chi connectivity index (χ0n) is 22.3. The van der Waals surface area contributed by atoms with E-state index >= 15 is 0 Å². The van der Waals surface area contributed by atoms with E-state index in [2.05, 4.69) is 10.0 Å². The number of fused-ring (bicyclic) bond motifs is 2. The van der Waals surface area contributed by atoms with E-state index in [4.69, 9.17) is 4.98 Å². The highest BCUT2D eigenvalue weighted by molar-refractivity contribution is 7.92. The molecule has 2 N–H and O–H groups in total. The fraction of sp³-hybridized carbons (Fsp3) is 0.167. The van der Waals surface area contributed by atoms with E-state index in [1.165, 1.54) is 11.3 Å². The third kappa shape index (κ3) is 5.48. The van der Waals surface area contributed by atoms with E-state index in [-0.39, 0.29) is 16.7 Å². The Morgan fingerprint density at radius 1 is 0.951 bits per heavy atom. The summed E-state index contributed by atoms with van der Waals surface area (Å²) >= 11 is 3.05. The minimum Gasteiger partial charge on any atom is -0.337 e. The maximum Gasteiger partial charge on any atom is 0.261 e. The molecule has 0 radical (unpaired) electrons. The van der Waals surface area contributed by atoms with Crippen LogP contribution in [0.3, 0.4) is 0 Å². The highest BCUT2D eigenvalue weighted by Crippen LogP contribution is 2.45. The van der Waals surface area contributed by atoms with Crippen molar-refractivity contribution in [3.05, 3.63) is 94.4 Å². The van der Waals surface area contributed by atoms with Crippen LogP contribution in [0.15, 0.2) is 77.7 Å². The van der Waals surface area contributed by atoms with Gasteiger partial charge < -0.3 is 10.2 Å². The molecule has 208 valence electrons. The summed E-state index contributed by atoms with van der Waals surface area (Å²) in [6, 6.07) is 20.8. The predicted molar refractivity (Wildman–Crippen MR) is 164 cm³/mol. The number of rotatable bonds is 6. The Labute approximate surface area is 245 Å². The summed E-state index contributed by atoms with van der Waals surface area (Å²) in [7, 11) is -3.75. The van der Waals surface area contributed by atoms with Crippen molar-refractivity contribution in [1.29, 1.82) is 0 Å². The van der Waals surface area contributed by atoms with E-state index < -0.39 is 10.0 Å². The Kier molecular flexibility index (Phi) is 7.10. The van der Waals surface area contributed by atoms with Gasteiger partial charge in [0.15, 0.2) is 0 Å². The van der Waals surface area contributed by atoms with E-state index in [1.54, 1.807) is 66.8 Å². The molecule has 41 heavy (non-hydrogen) atoms. The van der Waals surface area contributed by atoms with Gasteiger partial charge in [-0.3, -0.25) is 14.3 Å². The summed E-state index contributed by atoms with van der Waals surface area (Å²) < 4.78 is 29.1. The number of hydrogen-bond donors (Lipinski definition) is 2. The van der Waals surface area contributed by atoms with Crippen LogP contribution in [0.25, 0.3) is 20.8 Å². The highest BCUT2D eigenvalue weighted by Gasteiger charge is 2.29. The maximum atomic E-state index is 13.4. The second-order valence-corrected chi connectivity index (χ2v) is 13.7. The van der Waals surface area contributed by atoms with Gasteiger partial charge in [-0.25, -0.2) is 13.4 Å². The Balaban J connectivity index is 1.27. The molecule has 0 saturated heterocycles. The van der Waals surface area contributed by atoms with Gasteiger partial charge in [0, 0.05) is 35.2 Å². The molecule has 1 aliphatic rings. The molecule has 1 aliphatic heterocycles. The zero-order valence-corrected chi connectivity index (χ0v) is 24.8. The summed E-state index contributed by atoms with van der Waals surface area (Å²) in [5.41, 5.74) is 4.62. The van der Waals surface area contributed by atoms with E-state index in [0.717, 1.165) is 36.8 Å². The van der Waals surface area contributed by atoms with Gasteiger partial charge in [-0.15, -0.1) is 22.7 Å². The van der Waals surface area contributed by atoms with Crippen LogP contribution in [0.5, 0.6) is 0 Å². The number of carbonyl (C=O) groups excluding carboxylic acids is 2. The number of benzene rings is 3. The first-order valence-electron chi connectivity index (χ1n) is 12.9. The topological polar surface area (TPSA) is 108 Å². The van der Waals surface area contributed by atoms with Crippen LogP contribution in [0.1, 0.15) is 33.3 Å². The Morgan fingerprint density at radius 2 is 1.68 bits per heavy atom. The fourth-order valence-electron chi connectivity index (χ4n) is 4.76. The van der Waals surface area contributed by atoms with Crippen LogP contribution in [0.4, 0.5) is 10.7 Å². The van der Waals surface area contributed by atoms with Crippen molar-refractivity contribution in [2.45, 2.75) is 31.7 Å². The monoisotopic (exact) mass is 602 g/mol. The second-order valence-electron chi connectivity index (χ2n) is 9.84. The first-order valence-corrected chi connectivity index (χ1v) is 16.1. The molecule has 0 atom stereocenters. The lowest BCUT2D eigenvalue weighted by Crippen LogP contribution is -2.33. The number of thiophene rings is 1. The van der Waals surface area contributed by atoms with Gasteiger partial charge >= 0.3 is 0 Å². The number of nitrogens with one attached hydrogen (secondary N) is 2. The summed E-state index contributed by atoms with van der Waals surface area (Å²) in [6.45, 7) is 4.57. The number of anilines is 2. The van der Waals surface area contributed by atoms with Crippen LogP contribution in [-0.2, 0) is 27.8 Å². The van der Waals surface area contributed by atoms with Crippen molar-refractivity contribution in [2.75, 3.05) is 16.6 Å². The van der Waals surface area contributed by atoms with Gasteiger partial charge in [-0.1, -0.05) is 29.8 Å². The number of carbonyl (C=O) groups is 2. The van der Waals surface area contributed by atoms with E-state index in [1.807, 2.05) is 36.1 Å². The van der Waals surface area contributed by atoms with Gasteiger partial charge in [0.25, 0.3) is 15.9 Å². The van der Waals surface area contributed by atoms with Gasteiger partial charge in [0.05, 0.1) is 21.7 Å². The molecule has 0 bridgehead atoms. The molecule has 5 aromatic rings. The van der Waals surface area contributed by atoms with Crippen molar-refractivity contribution >= 4 is 65.4 Å². The Morgan fingerprint density at radius 3 is 2.39 bits per heavy atom. The van der Waals surface area contributed by atoms with Crippen molar-refractivity contribution in [1.82, 2.24) is 9.88 Å². The van der Waals surface area contributed by atoms with Gasteiger partial charge in [-0.2, -0.15) is 0 Å². The van der Waals surface area contributed by atoms with Crippen LogP contribution >= 0.6 is 22.7 Å². The fourth-order valence-corrected chi connectivity index (χ4v) is 8.19. The number of aromatic nitrogens is 1. The molecule has 11 heteroatoms. The summed E-state index contributed by atoms with van der Waals surface area (Å²) in [6.07, 6.45) is 0.683. The van der Waals surface area contributed by atoms with Crippen LogP contribution in [-0.4, -0.2) is 36.7 Å². The minimum atomic E-state index is -3.75. The van der Waals surface area contributed by atoms with E-state index in [9.17, 15) is 18.0 Å². The van der Waals surface area contributed by atoms with Gasteiger partial charge in [0.2, 0.25) is 5.91 Å². The number of sulfonamides is 1. The SMILES string of the molecule is CC(=O)N1CCc2c(sc(NC(=O)c3ccc(NS(=O)(=O)c4ccc(C)cc4)cc3)c2-c2nc3ccccc3s2)C1. The van der Waals surface area contributed by atoms with Crippen molar-refractivity contribution in [3.8, 4) is 10.6 Å². The minimum absolute atomic E-state index is 0.0225. The number of aryl methyl sites for hydroxylation is 1. The molecule has 0 aliphatic carbocycles. The van der Waals surface area contributed by atoms with Crippen LogP contribution in [0, 0.1) is 6.92 Å². The van der Waals surface area contributed by atoms with Gasteiger partial charge in [0.1, 0.15) is 10.0 Å². The average molecular weight is 603 g/mol. The molecule has 0 saturated carbocycles. The van der Waals surface area contributed by atoms with E-state index in [0.29, 0.717) is 35.8 Å². The van der Waals surface area contributed by atoms with Crippen LogP contribution in [0.2, 0.25) is 0 Å². The normalized spacial score (nSPS) is 13.2. The molecule has 0 fully saturated rings. The summed E-state index contributed by atoms with van der Waals surface area (Å²) in [4.78, 5) is 33.3. The smallest absolute Gasteiger partial charge is 0.261 e. The second kappa shape index (κ2) is 10.7. The van der Waals surface area contributed by atoms with Crippen molar-refractivity contribution < 1.29 is 18.0 Å². The average Bonchev–Trinajstić information content (AvgIpc) is 3.53. The maximum absolute atomic E-state index is 13.4. The third-order valence-corrected chi connectivity index (χ3v) is 10.6. The van der Waals surface area contributed by atoms with Crippen molar-refractivity contribution in [2.24, 2.45) is 0 Å².